The molecular weight excluding hydrogens is 330 g/mol. The summed E-state index contributed by atoms with van der Waals surface area (Å²) in [5.74, 6) is 1.42. The first-order chi connectivity index (χ1) is 12.2. The monoisotopic (exact) mass is 355 g/mol. The van der Waals surface area contributed by atoms with Crippen LogP contribution in [-0.4, -0.2) is 37.3 Å². The predicted octanol–water partition coefficient (Wildman–Crippen LogP) is 4.83. The van der Waals surface area contributed by atoms with E-state index < -0.39 is 0 Å². The molecule has 1 fully saturated rings. The van der Waals surface area contributed by atoms with Gasteiger partial charge >= 0.3 is 0 Å². The molecule has 3 nitrogen and oxygen atoms in total. The molecule has 1 unspecified atom stereocenters. The number of hydrogen-bond acceptors (Lipinski definition) is 3. The van der Waals surface area contributed by atoms with Crippen molar-refractivity contribution >= 4 is 17.7 Å². The van der Waals surface area contributed by atoms with Gasteiger partial charge in [-0.15, -0.1) is 11.8 Å². The van der Waals surface area contributed by atoms with Gasteiger partial charge in [-0.3, -0.25) is 4.79 Å². The van der Waals surface area contributed by atoms with Gasteiger partial charge in [-0.25, -0.2) is 0 Å². The second kappa shape index (κ2) is 8.43. The first-order valence-corrected chi connectivity index (χ1v) is 10.0. The van der Waals surface area contributed by atoms with Gasteiger partial charge in [0.2, 0.25) is 0 Å². The lowest BCUT2D eigenvalue weighted by molar-refractivity contribution is 0.0751. The average molecular weight is 356 g/mol. The van der Waals surface area contributed by atoms with Crippen LogP contribution in [-0.2, 0) is 0 Å². The Kier molecular flexibility index (Phi) is 6.03. The molecule has 0 saturated carbocycles. The zero-order valence-electron chi connectivity index (χ0n) is 14.9. The number of rotatable bonds is 4. The summed E-state index contributed by atoms with van der Waals surface area (Å²) in [6.07, 6.45) is 5.37. The second-order valence-electron chi connectivity index (χ2n) is 6.42. The van der Waals surface area contributed by atoms with Crippen molar-refractivity contribution in [1.29, 1.82) is 0 Å². The molecule has 2 aromatic rings. The van der Waals surface area contributed by atoms with Gasteiger partial charge in [0.05, 0.1) is 12.7 Å². The fourth-order valence-electron chi connectivity index (χ4n) is 3.47. The molecule has 0 bridgehead atoms. The average Bonchev–Trinajstić information content (AvgIpc) is 2.93. The SMILES string of the molecule is COc1ccc(C2CCCCN(C(=O)c3ccccc3SC)C2)cc1. The summed E-state index contributed by atoms with van der Waals surface area (Å²) in [6.45, 7) is 1.63. The Hall–Kier alpha value is -1.94. The number of amides is 1. The zero-order chi connectivity index (χ0) is 17.6. The van der Waals surface area contributed by atoms with Crippen molar-refractivity contribution < 1.29 is 9.53 Å². The molecule has 0 radical (unpaired) electrons. The summed E-state index contributed by atoms with van der Waals surface area (Å²) in [6, 6.07) is 16.2. The van der Waals surface area contributed by atoms with Gasteiger partial charge < -0.3 is 9.64 Å². The predicted molar refractivity (Wildman–Crippen MR) is 104 cm³/mol. The molecule has 0 N–H and O–H groups in total. The molecule has 0 aromatic heterocycles. The van der Waals surface area contributed by atoms with E-state index in [1.54, 1.807) is 18.9 Å². The minimum atomic E-state index is 0.158. The highest BCUT2D eigenvalue weighted by atomic mass is 32.2. The maximum Gasteiger partial charge on any atom is 0.255 e. The number of carbonyl (C=O) groups excluding carboxylic acids is 1. The Morgan fingerprint density at radius 2 is 1.88 bits per heavy atom. The molecular formula is C21H25NO2S. The molecule has 2 aromatic carbocycles. The number of benzene rings is 2. The lowest BCUT2D eigenvalue weighted by Crippen LogP contribution is -2.34. The smallest absolute Gasteiger partial charge is 0.255 e. The molecule has 1 saturated heterocycles. The van der Waals surface area contributed by atoms with Gasteiger partial charge in [0.15, 0.2) is 0 Å². The third-order valence-electron chi connectivity index (χ3n) is 4.88. The number of likely N-dealkylation sites (tertiary alicyclic amines) is 1. The van der Waals surface area contributed by atoms with Crippen LogP contribution in [0.3, 0.4) is 0 Å². The lowest BCUT2D eigenvalue weighted by Gasteiger charge is -2.25. The van der Waals surface area contributed by atoms with Crippen LogP contribution in [0.1, 0.15) is 41.1 Å². The molecule has 1 atom stereocenters. The van der Waals surface area contributed by atoms with Crippen molar-refractivity contribution in [2.75, 3.05) is 26.5 Å². The van der Waals surface area contributed by atoms with Gasteiger partial charge in [0.1, 0.15) is 5.75 Å². The summed E-state index contributed by atoms with van der Waals surface area (Å²) < 4.78 is 5.26. The molecule has 1 heterocycles. The minimum Gasteiger partial charge on any atom is -0.497 e. The molecule has 132 valence electrons. The van der Waals surface area contributed by atoms with Crippen molar-refractivity contribution in [3.8, 4) is 5.75 Å². The number of methoxy groups -OCH3 is 1. The van der Waals surface area contributed by atoms with E-state index in [4.69, 9.17) is 4.74 Å². The fourth-order valence-corrected chi connectivity index (χ4v) is 4.06. The highest BCUT2D eigenvalue weighted by Crippen LogP contribution is 2.29. The highest BCUT2D eigenvalue weighted by Gasteiger charge is 2.25. The van der Waals surface area contributed by atoms with Crippen LogP contribution in [0.25, 0.3) is 0 Å². The topological polar surface area (TPSA) is 29.5 Å². The number of ether oxygens (including phenoxy) is 1. The Balaban J connectivity index is 1.80. The van der Waals surface area contributed by atoms with Crippen molar-refractivity contribution in [3.05, 3.63) is 59.7 Å². The number of thioether (sulfide) groups is 1. The van der Waals surface area contributed by atoms with Crippen LogP contribution in [0, 0.1) is 0 Å². The van der Waals surface area contributed by atoms with Crippen molar-refractivity contribution in [2.45, 2.75) is 30.1 Å². The van der Waals surface area contributed by atoms with E-state index in [0.717, 1.165) is 48.6 Å². The molecule has 1 aliphatic rings. The van der Waals surface area contributed by atoms with E-state index in [0.29, 0.717) is 5.92 Å². The van der Waals surface area contributed by atoms with Crippen LogP contribution in [0.4, 0.5) is 0 Å². The standard InChI is InChI=1S/C21H25NO2S/c1-24-18-12-10-16(11-13-18)17-7-5-6-14-22(15-17)21(23)19-8-3-4-9-20(19)25-2/h3-4,8-13,17H,5-7,14-15H2,1-2H3. The molecule has 1 amide bonds. The number of carbonyl (C=O) groups is 1. The number of hydrogen-bond donors (Lipinski definition) is 0. The zero-order valence-corrected chi connectivity index (χ0v) is 15.7. The van der Waals surface area contributed by atoms with E-state index in [-0.39, 0.29) is 5.91 Å². The molecule has 4 heteroatoms. The van der Waals surface area contributed by atoms with Crippen LogP contribution in [0.2, 0.25) is 0 Å². The first kappa shape index (κ1) is 17.9. The maximum absolute atomic E-state index is 13.1. The van der Waals surface area contributed by atoms with Crippen molar-refractivity contribution in [3.63, 3.8) is 0 Å². The molecule has 1 aliphatic heterocycles. The quantitative estimate of drug-likeness (QED) is 0.736. The van der Waals surface area contributed by atoms with Crippen LogP contribution in [0.15, 0.2) is 53.4 Å². The Bertz CT molecular complexity index is 714. The van der Waals surface area contributed by atoms with Crippen LogP contribution < -0.4 is 4.74 Å². The molecule has 0 spiro atoms. The van der Waals surface area contributed by atoms with Crippen molar-refractivity contribution in [1.82, 2.24) is 4.90 Å². The maximum atomic E-state index is 13.1. The van der Waals surface area contributed by atoms with Crippen LogP contribution in [0.5, 0.6) is 5.75 Å². The summed E-state index contributed by atoms with van der Waals surface area (Å²) in [5, 5.41) is 0. The van der Waals surface area contributed by atoms with E-state index in [1.807, 2.05) is 47.6 Å². The van der Waals surface area contributed by atoms with Gasteiger partial charge in [-0.05, 0) is 48.9 Å². The first-order valence-electron chi connectivity index (χ1n) is 8.79. The molecule has 25 heavy (non-hydrogen) atoms. The number of nitrogens with zero attached hydrogens (tertiary/aromatic N) is 1. The van der Waals surface area contributed by atoms with Gasteiger partial charge in [-0.2, -0.15) is 0 Å². The molecule has 3 rings (SSSR count). The Morgan fingerprint density at radius 1 is 1.12 bits per heavy atom. The highest BCUT2D eigenvalue weighted by molar-refractivity contribution is 7.98. The summed E-state index contributed by atoms with van der Waals surface area (Å²) in [5.41, 5.74) is 2.11. The van der Waals surface area contributed by atoms with Crippen LogP contribution >= 0.6 is 11.8 Å². The normalized spacial score (nSPS) is 17.8. The van der Waals surface area contributed by atoms with Gasteiger partial charge in [0, 0.05) is 23.9 Å². The third kappa shape index (κ3) is 4.18. The van der Waals surface area contributed by atoms with Gasteiger partial charge in [0.25, 0.3) is 5.91 Å². The Morgan fingerprint density at radius 3 is 2.60 bits per heavy atom. The van der Waals surface area contributed by atoms with E-state index >= 15 is 0 Å². The summed E-state index contributed by atoms with van der Waals surface area (Å²) in [4.78, 5) is 16.2. The fraction of sp³-hybridized carbons (Fsp3) is 0.381. The Labute approximate surface area is 154 Å². The third-order valence-corrected chi connectivity index (χ3v) is 5.68. The summed E-state index contributed by atoms with van der Waals surface area (Å²) >= 11 is 1.63. The lowest BCUT2D eigenvalue weighted by atomic mass is 9.94. The second-order valence-corrected chi connectivity index (χ2v) is 7.27. The van der Waals surface area contributed by atoms with Crippen molar-refractivity contribution in [2.24, 2.45) is 0 Å². The largest absolute Gasteiger partial charge is 0.497 e. The molecule has 0 aliphatic carbocycles. The van der Waals surface area contributed by atoms with E-state index in [1.165, 1.54) is 5.56 Å². The minimum absolute atomic E-state index is 0.158. The van der Waals surface area contributed by atoms with Gasteiger partial charge in [-0.1, -0.05) is 30.7 Å². The van der Waals surface area contributed by atoms with E-state index in [2.05, 4.69) is 12.1 Å². The van der Waals surface area contributed by atoms with E-state index in [9.17, 15) is 4.79 Å². The summed E-state index contributed by atoms with van der Waals surface area (Å²) in [7, 11) is 1.68.